The predicted octanol–water partition coefficient (Wildman–Crippen LogP) is -0.367. The molecule has 7 heteroatoms. The number of aliphatic hydroxyl groups is 1. The highest BCUT2D eigenvalue weighted by Crippen LogP contribution is 2.23. The van der Waals surface area contributed by atoms with E-state index in [0.29, 0.717) is 0 Å². The minimum Gasteiger partial charge on any atom is -0.506 e. The number of phenols is 1. The van der Waals surface area contributed by atoms with E-state index in [-0.39, 0.29) is 22.9 Å². The number of nitrogens with one attached hydrogen (secondary N) is 1. The van der Waals surface area contributed by atoms with Gasteiger partial charge in [-0.25, -0.2) is 13.1 Å². The molecule has 6 nitrogen and oxygen atoms in total. The first-order valence-electron chi connectivity index (χ1n) is 4.58. The molecule has 1 aromatic carbocycles. The van der Waals surface area contributed by atoms with Gasteiger partial charge in [0.2, 0.25) is 10.0 Å². The van der Waals surface area contributed by atoms with E-state index < -0.39 is 16.1 Å². The number of rotatable bonds is 4. The first kappa shape index (κ1) is 12.8. The summed E-state index contributed by atoms with van der Waals surface area (Å²) in [5.41, 5.74) is 5.37. The third-order valence-corrected chi connectivity index (χ3v) is 3.53. The van der Waals surface area contributed by atoms with Crippen LogP contribution in [0.3, 0.4) is 0 Å². The van der Waals surface area contributed by atoms with Crippen molar-refractivity contribution in [2.45, 2.75) is 17.9 Å². The van der Waals surface area contributed by atoms with Crippen molar-refractivity contribution in [3.8, 4) is 5.75 Å². The van der Waals surface area contributed by atoms with Gasteiger partial charge in [0.05, 0.1) is 17.2 Å². The monoisotopic (exact) mass is 246 g/mol. The summed E-state index contributed by atoms with van der Waals surface area (Å²) in [5.74, 6) is -0.172. The lowest BCUT2D eigenvalue weighted by molar-refractivity contribution is 0.265. The largest absolute Gasteiger partial charge is 0.506 e. The molecule has 0 heterocycles. The van der Waals surface area contributed by atoms with Crippen molar-refractivity contribution < 1.29 is 18.6 Å². The normalized spacial score (nSPS) is 13.6. The topological polar surface area (TPSA) is 113 Å². The van der Waals surface area contributed by atoms with Gasteiger partial charge in [0.1, 0.15) is 5.75 Å². The molecule has 1 aromatic rings. The molecule has 0 radical (unpaired) electrons. The molecule has 1 rings (SSSR count). The van der Waals surface area contributed by atoms with Crippen LogP contribution in [-0.4, -0.2) is 31.3 Å². The van der Waals surface area contributed by atoms with E-state index in [0.717, 1.165) is 6.07 Å². The Kier molecular flexibility index (Phi) is 3.74. The Labute approximate surface area is 93.8 Å². The van der Waals surface area contributed by atoms with Crippen LogP contribution in [0.25, 0.3) is 0 Å². The Morgan fingerprint density at radius 1 is 1.50 bits per heavy atom. The molecule has 0 aliphatic heterocycles. The molecule has 16 heavy (non-hydrogen) atoms. The van der Waals surface area contributed by atoms with E-state index in [1.165, 1.54) is 19.1 Å². The van der Waals surface area contributed by atoms with Gasteiger partial charge >= 0.3 is 0 Å². The number of aliphatic hydroxyl groups excluding tert-OH is 1. The van der Waals surface area contributed by atoms with E-state index in [2.05, 4.69) is 4.72 Å². The van der Waals surface area contributed by atoms with Crippen LogP contribution in [0, 0.1) is 0 Å². The molecule has 0 amide bonds. The number of hydrogen-bond donors (Lipinski definition) is 4. The average molecular weight is 246 g/mol. The zero-order valence-electron chi connectivity index (χ0n) is 8.71. The number of benzene rings is 1. The summed E-state index contributed by atoms with van der Waals surface area (Å²) in [6, 6.07) is 3.01. The Morgan fingerprint density at radius 2 is 2.12 bits per heavy atom. The van der Waals surface area contributed by atoms with Gasteiger partial charge in [0.15, 0.2) is 0 Å². The number of aromatic hydroxyl groups is 1. The molecular weight excluding hydrogens is 232 g/mol. The highest BCUT2D eigenvalue weighted by molar-refractivity contribution is 7.89. The minimum atomic E-state index is -3.71. The molecule has 0 aliphatic carbocycles. The Hall–Kier alpha value is -1.31. The lowest BCUT2D eigenvalue weighted by Gasteiger charge is -2.12. The van der Waals surface area contributed by atoms with Crippen molar-refractivity contribution in [3.05, 3.63) is 18.2 Å². The molecule has 0 saturated heterocycles. The van der Waals surface area contributed by atoms with Gasteiger partial charge in [-0.05, 0) is 25.1 Å². The van der Waals surface area contributed by atoms with Crippen LogP contribution in [-0.2, 0) is 10.0 Å². The molecule has 0 saturated carbocycles. The summed E-state index contributed by atoms with van der Waals surface area (Å²) in [6.45, 7) is 1.23. The maximum Gasteiger partial charge on any atom is 0.240 e. The van der Waals surface area contributed by atoms with Crippen LogP contribution < -0.4 is 10.5 Å². The third kappa shape index (κ3) is 2.84. The zero-order chi connectivity index (χ0) is 12.3. The van der Waals surface area contributed by atoms with Gasteiger partial charge in [-0.3, -0.25) is 0 Å². The Bertz CT molecular complexity index is 472. The van der Waals surface area contributed by atoms with Gasteiger partial charge in [0, 0.05) is 6.04 Å². The molecule has 5 N–H and O–H groups in total. The van der Waals surface area contributed by atoms with Crippen LogP contribution in [0.15, 0.2) is 23.1 Å². The van der Waals surface area contributed by atoms with Gasteiger partial charge in [-0.2, -0.15) is 0 Å². The van der Waals surface area contributed by atoms with Crippen molar-refractivity contribution >= 4 is 15.7 Å². The highest BCUT2D eigenvalue weighted by Gasteiger charge is 2.17. The smallest absolute Gasteiger partial charge is 0.240 e. The fourth-order valence-corrected chi connectivity index (χ4v) is 2.34. The van der Waals surface area contributed by atoms with Gasteiger partial charge < -0.3 is 15.9 Å². The van der Waals surface area contributed by atoms with Crippen molar-refractivity contribution in [2.24, 2.45) is 0 Å². The maximum absolute atomic E-state index is 11.7. The lowest BCUT2D eigenvalue weighted by atomic mass is 10.3. The first-order valence-corrected chi connectivity index (χ1v) is 6.07. The molecule has 0 bridgehead atoms. The number of sulfonamides is 1. The summed E-state index contributed by atoms with van der Waals surface area (Å²) < 4.78 is 25.7. The van der Waals surface area contributed by atoms with Gasteiger partial charge in [0.25, 0.3) is 0 Å². The number of nitrogens with two attached hydrogens (primary N) is 1. The maximum atomic E-state index is 11.7. The minimum absolute atomic E-state index is 0.0143. The fourth-order valence-electron chi connectivity index (χ4n) is 1.07. The highest BCUT2D eigenvalue weighted by atomic mass is 32.2. The first-order chi connectivity index (χ1) is 7.36. The molecule has 0 aromatic heterocycles. The number of phenolic OH excluding ortho intramolecular Hbond substituents is 1. The lowest BCUT2D eigenvalue weighted by Crippen LogP contribution is -2.35. The molecule has 0 aliphatic rings. The van der Waals surface area contributed by atoms with E-state index in [9.17, 15) is 8.42 Å². The van der Waals surface area contributed by atoms with Crippen LogP contribution >= 0.6 is 0 Å². The summed E-state index contributed by atoms with van der Waals surface area (Å²) in [6.07, 6.45) is 0. The second-order valence-electron chi connectivity index (χ2n) is 3.43. The quantitative estimate of drug-likeness (QED) is 0.428. The van der Waals surface area contributed by atoms with Crippen LogP contribution in [0.4, 0.5) is 5.69 Å². The summed E-state index contributed by atoms with van der Waals surface area (Å²) in [4.78, 5) is -0.0527. The van der Waals surface area contributed by atoms with E-state index >= 15 is 0 Å². The Balaban J connectivity index is 3.03. The van der Waals surface area contributed by atoms with Crippen LogP contribution in [0.1, 0.15) is 6.92 Å². The average Bonchev–Trinajstić information content (AvgIpc) is 2.21. The van der Waals surface area contributed by atoms with Crippen molar-refractivity contribution in [1.29, 1.82) is 0 Å². The molecule has 1 unspecified atom stereocenters. The van der Waals surface area contributed by atoms with Gasteiger partial charge in [-0.15, -0.1) is 0 Å². The molecular formula is C9H14N2O4S. The SMILES string of the molecule is CC(CO)NS(=O)(=O)c1ccc(O)c(N)c1. The summed E-state index contributed by atoms with van der Waals surface area (Å²) in [7, 11) is -3.71. The molecule has 0 fully saturated rings. The molecule has 90 valence electrons. The fraction of sp³-hybridized carbons (Fsp3) is 0.333. The van der Waals surface area contributed by atoms with Gasteiger partial charge in [-0.1, -0.05) is 0 Å². The van der Waals surface area contributed by atoms with E-state index in [4.69, 9.17) is 15.9 Å². The summed E-state index contributed by atoms with van der Waals surface area (Å²) >= 11 is 0. The second kappa shape index (κ2) is 4.69. The van der Waals surface area contributed by atoms with Crippen LogP contribution in [0.2, 0.25) is 0 Å². The Morgan fingerprint density at radius 3 is 2.62 bits per heavy atom. The van der Waals surface area contributed by atoms with Crippen molar-refractivity contribution in [1.82, 2.24) is 4.72 Å². The summed E-state index contributed by atoms with van der Waals surface area (Å²) in [5, 5.41) is 17.9. The van der Waals surface area contributed by atoms with Crippen LogP contribution in [0.5, 0.6) is 5.75 Å². The van der Waals surface area contributed by atoms with E-state index in [1.807, 2.05) is 0 Å². The predicted molar refractivity (Wildman–Crippen MR) is 59.4 cm³/mol. The van der Waals surface area contributed by atoms with Crippen molar-refractivity contribution in [2.75, 3.05) is 12.3 Å². The van der Waals surface area contributed by atoms with E-state index in [1.54, 1.807) is 0 Å². The zero-order valence-corrected chi connectivity index (χ0v) is 9.53. The number of nitrogen functional groups attached to an aromatic ring is 1. The molecule has 1 atom stereocenters. The standard InChI is InChI=1S/C9H14N2O4S/c1-6(5-12)11-16(14,15)7-2-3-9(13)8(10)4-7/h2-4,6,11-13H,5,10H2,1H3. The second-order valence-corrected chi connectivity index (χ2v) is 5.14. The molecule has 0 spiro atoms. The number of hydrogen-bond acceptors (Lipinski definition) is 5. The third-order valence-electron chi connectivity index (χ3n) is 1.94. The number of anilines is 1. The van der Waals surface area contributed by atoms with Crippen molar-refractivity contribution in [3.63, 3.8) is 0 Å².